The van der Waals surface area contributed by atoms with Crippen LogP contribution >= 0.6 is 0 Å². The van der Waals surface area contributed by atoms with Crippen molar-refractivity contribution in [2.45, 2.75) is 19.4 Å². The standard InChI is InChI=1S/C12H26N2O2/c1-4-5-13(2)6-8-15-10-12-11-16-9-7-14(12)3/h12H,4-11H2,1-3H3. The fraction of sp³-hybridized carbons (Fsp3) is 1.00. The molecule has 0 radical (unpaired) electrons. The van der Waals surface area contributed by atoms with Crippen LogP contribution in [0.3, 0.4) is 0 Å². The Morgan fingerprint density at radius 1 is 1.44 bits per heavy atom. The van der Waals surface area contributed by atoms with Crippen molar-refractivity contribution in [2.75, 3.05) is 60.2 Å². The van der Waals surface area contributed by atoms with Gasteiger partial charge < -0.3 is 14.4 Å². The van der Waals surface area contributed by atoms with Gasteiger partial charge in [0.15, 0.2) is 0 Å². The summed E-state index contributed by atoms with van der Waals surface area (Å²) in [4.78, 5) is 4.63. The molecule has 0 saturated carbocycles. The molecule has 0 aromatic heterocycles. The van der Waals surface area contributed by atoms with E-state index in [0.29, 0.717) is 6.04 Å². The van der Waals surface area contributed by atoms with Crippen molar-refractivity contribution in [2.24, 2.45) is 0 Å². The Morgan fingerprint density at radius 2 is 2.25 bits per heavy atom. The van der Waals surface area contributed by atoms with Crippen LogP contribution in [-0.2, 0) is 9.47 Å². The summed E-state index contributed by atoms with van der Waals surface area (Å²) in [5.74, 6) is 0. The topological polar surface area (TPSA) is 24.9 Å². The first-order valence-corrected chi connectivity index (χ1v) is 6.28. The summed E-state index contributed by atoms with van der Waals surface area (Å²) in [6.45, 7) is 8.65. The Labute approximate surface area is 99.5 Å². The Bertz CT molecular complexity index is 178. The average molecular weight is 230 g/mol. The molecule has 0 aliphatic carbocycles. The maximum atomic E-state index is 5.70. The summed E-state index contributed by atoms with van der Waals surface area (Å²) in [5.41, 5.74) is 0. The zero-order valence-corrected chi connectivity index (χ0v) is 10.9. The Morgan fingerprint density at radius 3 is 2.94 bits per heavy atom. The predicted molar refractivity (Wildman–Crippen MR) is 65.8 cm³/mol. The number of likely N-dealkylation sites (N-methyl/N-ethyl adjacent to an activating group) is 2. The molecule has 1 aliphatic heterocycles. The van der Waals surface area contributed by atoms with Gasteiger partial charge in [0.05, 0.1) is 32.5 Å². The molecule has 1 rings (SSSR count). The minimum atomic E-state index is 0.435. The summed E-state index contributed by atoms with van der Waals surface area (Å²) < 4.78 is 11.1. The van der Waals surface area contributed by atoms with Gasteiger partial charge in [-0.2, -0.15) is 0 Å². The average Bonchev–Trinajstić information content (AvgIpc) is 2.27. The summed E-state index contributed by atoms with van der Waals surface area (Å²) >= 11 is 0. The largest absolute Gasteiger partial charge is 0.378 e. The van der Waals surface area contributed by atoms with Gasteiger partial charge in [-0.05, 0) is 27.1 Å². The maximum Gasteiger partial charge on any atom is 0.0644 e. The molecule has 0 bridgehead atoms. The third-order valence-corrected chi connectivity index (χ3v) is 3.05. The van der Waals surface area contributed by atoms with Crippen LogP contribution in [0.2, 0.25) is 0 Å². The van der Waals surface area contributed by atoms with Crippen molar-refractivity contribution in [1.29, 1.82) is 0 Å². The highest BCUT2D eigenvalue weighted by atomic mass is 16.5. The highest BCUT2D eigenvalue weighted by molar-refractivity contribution is 4.71. The number of rotatable bonds is 7. The number of morpholine rings is 1. The first-order valence-electron chi connectivity index (χ1n) is 6.28. The van der Waals surface area contributed by atoms with Crippen molar-refractivity contribution in [3.05, 3.63) is 0 Å². The monoisotopic (exact) mass is 230 g/mol. The van der Waals surface area contributed by atoms with Crippen molar-refractivity contribution in [3.8, 4) is 0 Å². The molecule has 0 amide bonds. The number of ether oxygens (including phenoxy) is 2. The number of hydrogen-bond donors (Lipinski definition) is 0. The molecule has 16 heavy (non-hydrogen) atoms. The zero-order valence-electron chi connectivity index (χ0n) is 10.9. The van der Waals surface area contributed by atoms with E-state index in [-0.39, 0.29) is 0 Å². The van der Waals surface area contributed by atoms with E-state index in [4.69, 9.17) is 9.47 Å². The third-order valence-electron chi connectivity index (χ3n) is 3.05. The van der Waals surface area contributed by atoms with Crippen LogP contribution in [0.4, 0.5) is 0 Å². The van der Waals surface area contributed by atoms with Gasteiger partial charge in [0.2, 0.25) is 0 Å². The van der Waals surface area contributed by atoms with Gasteiger partial charge in [-0.1, -0.05) is 6.92 Å². The molecule has 0 aromatic carbocycles. The number of nitrogens with zero attached hydrogens (tertiary/aromatic N) is 2. The van der Waals surface area contributed by atoms with Gasteiger partial charge in [-0.15, -0.1) is 0 Å². The quantitative estimate of drug-likeness (QED) is 0.600. The van der Waals surface area contributed by atoms with Gasteiger partial charge in [0.25, 0.3) is 0 Å². The van der Waals surface area contributed by atoms with Crippen LogP contribution in [-0.4, -0.2) is 76.0 Å². The van der Waals surface area contributed by atoms with Crippen LogP contribution < -0.4 is 0 Å². The van der Waals surface area contributed by atoms with Gasteiger partial charge in [-0.25, -0.2) is 0 Å². The molecule has 96 valence electrons. The van der Waals surface area contributed by atoms with Gasteiger partial charge in [0, 0.05) is 13.1 Å². The van der Waals surface area contributed by atoms with E-state index in [1.165, 1.54) is 6.42 Å². The Hall–Kier alpha value is -0.160. The first kappa shape index (κ1) is 13.9. The second-order valence-electron chi connectivity index (χ2n) is 4.59. The van der Waals surface area contributed by atoms with Crippen molar-refractivity contribution in [1.82, 2.24) is 9.80 Å². The lowest BCUT2D eigenvalue weighted by atomic mass is 10.2. The SMILES string of the molecule is CCCN(C)CCOCC1COCCN1C. The van der Waals surface area contributed by atoms with Crippen LogP contribution in [0.5, 0.6) is 0 Å². The molecule has 1 unspecified atom stereocenters. The molecule has 0 aromatic rings. The normalized spacial score (nSPS) is 22.9. The zero-order chi connectivity index (χ0) is 11.8. The lowest BCUT2D eigenvalue weighted by Crippen LogP contribution is -2.45. The van der Waals surface area contributed by atoms with E-state index < -0.39 is 0 Å². The summed E-state index contributed by atoms with van der Waals surface area (Å²) in [6, 6.07) is 0.435. The lowest BCUT2D eigenvalue weighted by molar-refractivity contribution is -0.0337. The van der Waals surface area contributed by atoms with Gasteiger partial charge >= 0.3 is 0 Å². The molecule has 1 heterocycles. The van der Waals surface area contributed by atoms with Crippen molar-refractivity contribution >= 4 is 0 Å². The van der Waals surface area contributed by atoms with Gasteiger partial charge in [0.1, 0.15) is 0 Å². The summed E-state index contributed by atoms with van der Waals surface area (Å²) in [6.07, 6.45) is 1.20. The van der Waals surface area contributed by atoms with Crippen LogP contribution in [0.1, 0.15) is 13.3 Å². The second kappa shape index (κ2) is 8.01. The second-order valence-corrected chi connectivity index (χ2v) is 4.59. The van der Waals surface area contributed by atoms with Crippen molar-refractivity contribution in [3.63, 3.8) is 0 Å². The molecule has 4 nitrogen and oxygen atoms in total. The fourth-order valence-electron chi connectivity index (χ4n) is 1.85. The molecule has 1 saturated heterocycles. The fourth-order valence-corrected chi connectivity index (χ4v) is 1.85. The summed E-state index contributed by atoms with van der Waals surface area (Å²) in [5, 5.41) is 0. The van der Waals surface area contributed by atoms with E-state index in [1.807, 2.05) is 0 Å². The minimum absolute atomic E-state index is 0.435. The van der Waals surface area contributed by atoms with Gasteiger partial charge in [-0.3, -0.25) is 4.90 Å². The molecule has 1 fully saturated rings. The molecule has 0 spiro atoms. The molecule has 1 aliphatic rings. The first-order chi connectivity index (χ1) is 7.74. The Kier molecular flexibility index (Phi) is 6.96. The van der Waals surface area contributed by atoms with Crippen LogP contribution in [0.25, 0.3) is 0 Å². The van der Waals surface area contributed by atoms with Crippen LogP contribution in [0.15, 0.2) is 0 Å². The highest BCUT2D eigenvalue weighted by Gasteiger charge is 2.19. The van der Waals surface area contributed by atoms with E-state index in [2.05, 4.69) is 30.8 Å². The molecule has 4 heteroatoms. The molecular weight excluding hydrogens is 204 g/mol. The number of hydrogen-bond acceptors (Lipinski definition) is 4. The molecule has 1 atom stereocenters. The lowest BCUT2D eigenvalue weighted by Gasteiger charge is -2.32. The molecular formula is C12H26N2O2. The van der Waals surface area contributed by atoms with E-state index >= 15 is 0 Å². The Balaban J connectivity index is 2.01. The van der Waals surface area contributed by atoms with Crippen molar-refractivity contribution < 1.29 is 9.47 Å². The van der Waals surface area contributed by atoms with E-state index in [0.717, 1.165) is 46.1 Å². The van der Waals surface area contributed by atoms with E-state index in [1.54, 1.807) is 0 Å². The predicted octanol–water partition coefficient (Wildman–Crippen LogP) is 0.675. The highest BCUT2D eigenvalue weighted by Crippen LogP contribution is 2.04. The maximum absolute atomic E-state index is 5.70. The van der Waals surface area contributed by atoms with Crippen LogP contribution in [0, 0.1) is 0 Å². The molecule has 0 N–H and O–H groups in total. The third kappa shape index (κ3) is 5.25. The smallest absolute Gasteiger partial charge is 0.0644 e. The summed E-state index contributed by atoms with van der Waals surface area (Å²) in [7, 11) is 4.28. The van der Waals surface area contributed by atoms with E-state index in [9.17, 15) is 0 Å². The minimum Gasteiger partial charge on any atom is -0.378 e.